The number of benzene rings is 3. The molecule has 39 heavy (non-hydrogen) atoms. The van der Waals surface area contributed by atoms with Crippen LogP contribution in [0.15, 0.2) is 71.6 Å². The summed E-state index contributed by atoms with van der Waals surface area (Å²) in [6.45, 7) is 0. The van der Waals surface area contributed by atoms with Gasteiger partial charge in [0.05, 0.1) is 33.6 Å². The van der Waals surface area contributed by atoms with Gasteiger partial charge in [0.1, 0.15) is 0 Å². The summed E-state index contributed by atoms with van der Waals surface area (Å²) in [6.07, 6.45) is -0.153. The normalized spacial score (nSPS) is 20.1. The Balaban J connectivity index is 1.47. The maximum atomic E-state index is 13.2. The molecular formula is C26H21ClF3N3O5S. The van der Waals surface area contributed by atoms with E-state index in [1.165, 1.54) is 25.3 Å². The summed E-state index contributed by atoms with van der Waals surface area (Å²) in [4.78, 5) is 10.9. The number of fused-ring (bicyclic) bond motifs is 3. The van der Waals surface area contributed by atoms with Crippen LogP contribution in [0, 0.1) is 16.0 Å². The number of rotatable bonds is 6. The zero-order chi connectivity index (χ0) is 28.1. The van der Waals surface area contributed by atoms with Crippen LogP contribution in [-0.4, -0.2) is 20.5 Å². The molecule has 0 amide bonds. The van der Waals surface area contributed by atoms with Gasteiger partial charge in [0.2, 0.25) is 0 Å². The molecule has 13 heteroatoms. The average molecular weight is 580 g/mol. The van der Waals surface area contributed by atoms with Crippen LogP contribution < -0.4 is 14.8 Å². The maximum Gasteiger partial charge on any atom is 0.417 e. The van der Waals surface area contributed by atoms with E-state index >= 15 is 0 Å². The summed E-state index contributed by atoms with van der Waals surface area (Å²) < 4.78 is 73.3. The molecule has 8 nitrogen and oxygen atoms in total. The molecule has 3 aromatic rings. The number of nitro groups is 1. The zero-order valence-electron chi connectivity index (χ0n) is 20.2. The molecule has 0 spiro atoms. The molecule has 2 aliphatic rings. The van der Waals surface area contributed by atoms with E-state index in [2.05, 4.69) is 10.0 Å². The third kappa shape index (κ3) is 5.01. The molecule has 5 rings (SSSR count). The minimum atomic E-state index is -4.75. The van der Waals surface area contributed by atoms with E-state index in [0.717, 1.165) is 12.1 Å². The van der Waals surface area contributed by atoms with Crippen molar-refractivity contribution in [2.75, 3.05) is 17.1 Å². The fourth-order valence-corrected chi connectivity index (χ4v) is 6.44. The first-order chi connectivity index (χ1) is 18.4. The number of nitro benzene ring substituents is 1. The second kappa shape index (κ2) is 9.76. The highest BCUT2D eigenvalue weighted by molar-refractivity contribution is 7.92. The minimum Gasteiger partial charge on any atom is -0.490 e. The fraction of sp³-hybridized carbons (Fsp3) is 0.231. The van der Waals surface area contributed by atoms with E-state index in [0.29, 0.717) is 29.3 Å². The molecule has 0 aromatic heterocycles. The molecule has 1 heterocycles. The molecular weight excluding hydrogens is 559 g/mol. The summed E-state index contributed by atoms with van der Waals surface area (Å²) in [5.41, 5.74) is 0.450. The van der Waals surface area contributed by atoms with Gasteiger partial charge in [-0.25, -0.2) is 8.42 Å². The largest absolute Gasteiger partial charge is 0.490 e. The van der Waals surface area contributed by atoms with Gasteiger partial charge in [-0.1, -0.05) is 29.8 Å². The number of hydrogen-bond acceptors (Lipinski definition) is 6. The third-order valence-electron chi connectivity index (χ3n) is 6.93. The van der Waals surface area contributed by atoms with Crippen molar-refractivity contribution >= 4 is 38.7 Å². The van der Waals surface area contributed by atoms with Gasteiger partial charge in [-0.3, -0.25) is 14.8 Å². The van der Waals surface area contributed by atoms with Crippen LogP contribution in [0.2, 0.25) is 5.02 Å². The number of hydrogen-bond donors (Lipinski definition) is 2. The number of nitrogens with zero attached hydrogens (tertiary/aromatic N) is 1. The Kier molecular flexibility index (Phi) is 6.71. The Morgan fingerprint density at radius 2 is 1.90 bits per heavy atom. The second-order valence-electron chi connectivity index (χ2n) is 9.21. The minimum absolute atomic E-state index is 0.0537. The Hall–Kier alpha value is -3.77. The quantitative estimate of drug-likeness (QED) is 0.187. The Labute approximate surface area is 226 Å². The van der Waals surface area contributed by atoms with Crippen molar-refractivity contribution in [3.8, 4) is 5.75 Å². The van der Waals surface area contributed by atoms with Crippen molar-refractivity contribution in [1.82, 2.24) is 0 Å². The van der Waals surface area contributed by atoms with Crippen molar-refractivity contribution in [3.05, 3.63) is 98.6 Å². The topological polar surface area (TPSA) is 111 Å². The van der Waals surface area contributed by atoms with Gasteiger partial charge in [-0.15, -0.1) is 0 Å². The standard InChI is InChI=1S/C26H21ClF3N3O5S/c1-38-24-10-5-14(11-23(24)33(34)35)25-18-4-2-3-17(18)19-13-16(7-9-22(19)31-25)39(36,37)32-15-6-8-21(27)20(12-15)26(28,29)30/h2-3,5-13,17-18,25,31-32H,4H2,1H3/t17-,18+,25+/m0/s1. The summed E-state index contributed by atoms with van der Waals surface area (Å²) in [5, 5.41) is 14.4. The van der Waals surface area contributed by atoms with Crippen LogP contribution in [-0.2, 0) is 16.2 Å². The zero-order valence-corrected chi connectivity index (χ0v) is 21.8. The van der Waals surface area contributed by atoms with E-state index in [9.17, 15) is 31.7 Å². The number of methoxy groups -OCH3 is 1. The molecule has 3 atom stereocenters. The van der Waals surface area contributed by atoms with Gasteiger partial charge in [-0.2, -0.15) is 13.2 Å². The number of sulfonamides is 1. The molecule has 1 aliphatic carbocycles. The second-order valence-corrected chi connectivity index (χ2v) is 11.3. The van der Waals surface area contributed by atoms with Gasteiger partial charge in [0, 0.05) is 23.4 Å². The van der Waals surface area contributed by atoms with Crippen LogP contribution in [0.3, 0.4) is 0 Å². The van der Waals surface area contributed by atoms with Crippen molar-refractivity contribution in [2.45, 2.75) is 29.5 Å². The number of nitrogens with one attached hydrogen (secondary N) is 2. The van der Waals surface area contributed by atoms with Crippen LogP contribution in [0.25, 0.3) is 0 Å². The van der Waals surface area contributed by atoms with E-state index in [-0.39, 0.29) is 39.9 Å². The van der Waals surface area contributed by atoms with E-state index in [1.54, 1.807) is 18.2 Å². The molecule has 0 bridgehead atoms. The van der Waals surface area contributed by atoms with Gasteiger partial charge in [0.15, 0.2) is 5.75 Å². The smallest absolute Gasteiger partial charge is 0.417 e. The lowest BCUT2D eigenvalue weighted by Gasteiger charge is -2.37. The van der Waals surface area contributed by atoms with E-state index in [4.69, 9.17) is 16.3 Å². The highest BCUT2D eigenvalue weighted by Gasteiger charge is 2.39. The molecule has 3 aromatic carbocycles. The lowest BCUT2D eigenvalue weighted by atomic mass is 9.77. The van der Waals surface area contributed by atoms with Crippen molar-refractivity contribution in [2.24, 2.45) is 5.92 Å². The Morgan fingerprint density at radius 3 is 2.59 bits per heavy atom. The summed E-state index contributed by atoms with van der Waals surface area (Å²) in [6, 6.07) is 11.7. The van der Waals surface area contributed by atoms with Crippen molar-refractivity contribution in [3.63, 3.8) is 0 Å². The average Bonchev–Trinajstić information content (AvgIpc) is 3.38. The molecule has 1 aliphatic heterocycles. The molecule has 0 fully saturated rings. The van der Waals surface area contributed by atoms with E-state index in [1.807, 2.05) is 12.2 Å². The van der Waals surface area contributed by atoms with E-state index < -0.39 is 31.7 Å². The van der Waals surface area contributed by atoms with Crippen LogP contribution >= 0.6 is 11.6 Å². The molecule has 2 N–H and O–H groups in total. The van der Waals surface area contributed by atoms with Crippen molar-refractivity contribution < 1.29 is 31.2 Å². The highest BCUT2D eigenvalue weighted by Crippen LogP contribution is 2.51. The Bertz CT molecular complexity index is 1610. The van der Waals surface area contributed by atoms with Gasteiger partial charge in [0.25, 0.3) is 10.0 Å². The van der Waals surface area contributed by atoms with Crippen LogP contribution in [0.1, 0.15) is 35.1 Å². The third-order valence-corrected chi connectivity index (χ3v) is 8.64. The van der Waals surface area contributed by atoms with Crippen LogP contribution in [0.4, 0.5) is 30.2 Å². The Morgan fingerprint density at radius 1 is 1.13 bits per heavy atom. The lowest BCUT2D eigenvalue weighted by Crippen LogP contribution is -2.29. The SMILES string of the molecule is COc1ccc([C@H]2Nc3ccc(S(=O)(=O)Nc4ccc(Cl)c(C(F)(F)F)c4)cc3[C@H]3C=CC[C@H]32)cc1[N+](=O)[O-]. The number of allylic oxidation sites excluding steroid dienone is 2. The van der Waals surface area contributed by atoms with Gasteiger partial charge in [-0.05, 0) is 65.9 Å². The predicted octanol–water partition coefficient (Wildman–Crippen LogP) is 6.90. The van der Waals surface area contributed by atoms with Gasteiger partial charge < -0.3 is 10.1 Å². The lowest BCUT2D eigenvalue weighted by molar-refractivity contribution is -0.385. The molecule has 0 unspecified atom stereocenters. The first-order valence-electron chi connectivity index (χ1n) is 11.7. The van der Waals surface area contributed by atoms with Crippen LogP contribution in [0.5, 0.6) is 5.75 Å². The number of alkyl halides is 3. The molecule has 204 valence electrons. The van der Waals surface area contributed by atoms with Crippen molar-refractivity contribution in [1.29, 1.82) is 0 Å². The first kappa shape index (κ1) is 26.8. The van der Waals surface area contributed by atoms with Gasteiger partial charge >= 0.3 is 11.9 Å². The highest BCUT2D eigenvalue weighted by atomic mass is 35.5. The monoisotopic (exact) mass is 579 g/mol. The number of ether oxygens (including phenoxy) is 1. The number of halogens is 4. The summed E-state index contributed by atoms with van der Waals surface area (Å²) in [7, 11) is -2.88. The predicted molar refractivity (Wildman–Crippen MR) is 140 cm³/mol. The summed E-state index contributed by atoms with van der Waals surface area (Å²) >= 11 is 5.65. The number of anilines is 2. The molecule has 0 radical (unpaired) electrons. The molecule has 0 saturated heterocycles. The fourth-order valence-electron chi connectivity index (χ4n) is 5.13. The first-order valence-corrected chi connectivity index (χ1v) is 13.5. The summed E-state index contributed by atoms with van der Waals surface area (Å²) in [5.74, 6) is -0.0941. The maximum absolute atomic E-state index is 13.2. The molecule has 0 saturated carbocycles.